The van der Waals surface area contributed by atoms with Gasteiger partial charge in [0.15, 0.2) is 0 Å². The standard InChI is InChI=1S/C20H31N3O/c1-3-22(4-2)15-16-9-11-23(12-10-16)20(24)19-13-17-7-5-6-8-18(17)14-21-19/h5-8,16,19,21H,3-4,9-15H2,1-2H3. The van der Waals surface area contributed by atoms with Gasteiger partial charge in [0, 0.05) is 26.2 Å². The number of carbonyl (C=O) groups is 1. The third-order valence-corrected chi connectivity index (χ3v) is 5.72. The molecular formula is C20H31N3O. The van der Waals surface area contributed by atoms with Crippen LogP contribution in [0.3, 0.4) is 0 Å². The van der Waals surface area contributed by atoms with Crippen molar-refractivity contribution in [2.75, 3.05) is 32.7 Å². The lowest BCUT2D eigenvalue weighted by atomic mass is 9.93. The number of likely N-dealkylation sites (tertiary alicyclic amines) is 1. The Hall–Kier alpha value is -1.39. The summed E-state index contributed by atoms with van der Waals surface area (Å²) in [4.78, 5) is 17.4. The molecule has 1 N–H and O–H groups in total. The summed E-state index contributed by atoms with van der Waals surface area (Å²) in [5.41, 5.74) is 2.66. The van der Waals surface area contributed by atoms with Gasteiger partial charge in [-0.1, -0.05) is 38.1 Å². The third kappa shape index (κ3) is 3.98. The molecule has 0 radical (unpaired) electrons. The van der Waals surface area contributed by atoms with E-state index in [0.29, 0.717) is 5.91 Å². The van der Waals surface area contributed by atoms with Crippen LogP contribution in [0.15, 0.2) is 24.3 Å². The molecule has 1 fully saturated rings. The Bertz CT molecular complexity index is 548. The normalized spacial score (nSPS) is 21.8. The molecule has 0 spiro atoms. The maximum absolute atomic E-state index is 12.9. The van der Waals surface area contributed by atoms with E-state index >= 15 is 0 Å². The van der Waals surface area contributed by atoms with Gasteiger partial charge in [-0.2, -0.15) is 0 Å². The van der Waals surface area contributed by atoms with Crippen LogP contribution in [-0.2, 0) is 17.8 Å². The lowest BCUT2D eigenvalue weighted by Gasteiger charge is -2.37. The fraction of sp³-hybridized carbons (Fsp3) is 0.650. The van der Waals surface area contributed by atoms with Crippen LogP contribution in [0.25, 0.3) is 0 Å². The monoisotopic (exact) mass is 329 g/mol. The zero-order valence-electron chi connectivity index (χ0n) is 15.1. The summed E-state index contributed by atoms with van der Waals surface area (Å²) in [5.74, 6) is 1.04. The molecule has 1 aromatic rings. The van der Waals surface area contributed by atoms with Gasteiger partial charge in [0.25, 0.3) is 0 Å². The Morgan fingerprint density at radius 2 is 1.83 bits per heavy atom. The zero-order chi connectivity index (χ0) is 16.9. The second-order valence-electron chi connectivity index (χ2n) is 7.16. The summed E-state index contributed by atoms with van der Waals surface area (Å²) < 4.78 is 0. The molecule has 0 aromatic heterocycles. The summed E-state index contributed by atoms with van der Waals surface area (Å²) >= 11 is 0. The highest BCUT2D eigenvalue weighted by Crippen LogP contribution is 2.22. The molecule has 2 heterocycles. The second-order valence-corrected chi connectivity index (χ2v) is 7.16. The van der Waals surface area contributed by atoms with Crippen molar-refractivity contribution in [2.24, 2.45) is 5.92 Å². The number of hydrogen-bond acceptors (Lipinski definition) is 3. The number of nitrogens with zero attached hydrogens (tertiary/aromatic N) is 2. The van der Waals surface area contributed by atoms with Crippen LogP contribution in [-0.4, -0.2) is 54.5 Å². The number of hydrogen-bond donors (Lipinski definition) is 1. The Labute approximate surface area is 146 Å². The fourth-order valence-electron chi connectivity index (χ4n) is 4.03. The van der Waals surface area contributed by atoms with Crippen molar-refractivity contribution >= 4 is 5.91 Å². The summed E-state index contributed by atoms with van der Waals surface area (Å²) in [7, 11) is 0. The molecular weight excluding hydrogens is 298 g/mol. The molecule has 1 amide bonds. The van der Waals surface area contributed by atoms with Gasteiger partial charge >= 0.3 is 0 Å². The van der Waals surface area contributed by atoms with Crippen molar-refractivity contribution in [2.45, 2.75) is 45.7 Å². The number of piperidine rings is 1. The largest absolute Gasteiger partial charge is 0.341 e. The van der Waals surface area contributed by atoms with Crippen LogP contribution in [0.4, 0.5) is 0 Å². The highest BCUT2D eigenvalue weighted by atomic mass is 16.2. The van der Waals surface area contributed by atoms with Gasteiger partial charge < -0.3 is 15.1 Å². The van der Waals surface area contributed by atoms with Crippen LogP contribution >= 0.6 is 0 Å². The van der Waals surface area contributed by atoms with Crippen LogP contribution in [0.5, 0.6) is 0 Å². The molecule has 132 valence electrons. The third-order valence-electron chi connectivity index (χ3n) is 5.72. The van der Waals surface area contributed by atoms with Gasteiger partial charge in [0.05, 0.1) is 6.04 Å². The average molecular weight is 329 g/mol. The Morgan fingerprint density at radius 3 is 2.50 bits per heavy atom. The summed E-state index contributed by atoms with van der Waals surface area (Å²) in [6.07, 6.45) is 3.12. The molecule has 24 heavy (non-hydrogen) atoms. The molecule has 0 aliphatic carbocycles. The van der Waals surface area contributed by atoms with E-state index in [2.05, 4.69) is 53.2 Å². The maximum Gasteiger partial charge on any atom is 0.240 e. The summed E-state index contributed by atoms with van der Waals surface area (Å²) in [6, 6.07) is 8.42. The topological polar surface area (TPSA) is 35.6 Å². The Morgan fingerprint density at radius 1 is 1.17 bits per heavy atom. The van der Waals surface area contributed by atoms with Gasteiger partial charge in [-0.05, 0) is 49.4 Å². The van der Waals surface area contributed by atoms with Gasteiger partial charge in [-0.25, -0.2) is 0 Å². The second kappa shape index (κ2) is 8.13. The van der Waals surface area contributed by atoms with Crippen molar-refractivity contribution in [1.82, 2.24) is 15.1 Å². The van der Waals surface area contributed by atoms with Crippen LogP contribution < -0.4 is 5.32 Å². The van der Waals surface area contributed by atoms with Gasteiger partial charge in [0.2, 0.25) is 5.91 Å². The lowest BCUT2D eigenvalue weighted by molar-refractivity contribution is -0.135. The van der Waals surface area contributed by atoms with Crippen LogP contribution in [0.2, 0.25) is 0 Å². The number of amides is 1. The van der Waals surface area contributed by atoms with E-state index in [-0.39, 0.29) is 6.04 Å². The Kier molecular flexibility index (Phi) is 5.90. The molecule has 1 unspecified atom stereocenters. The van der Waals surface area contributed by atoms with E-state index in [4.69, 9.17) is 0 Å². The molecule has 0 bridgehead atoms. The van der Waals surface area contributed by atoms with E-state index in [0.717, 1.165) is 57.9 Å². The highest BCUT2D eigenvalue weighted by Gasteiger charge is 2.30. The SMILES string of the molecule is CCN(CC)CC1CCN(C(=O)C2Cc3ccccc3CN2)CC1. The average Bonchev–Trinajstić information content (AvgIpc) is 2.65. The van der Waals surface area contributed by atoms with Crippen molar-refractivity contribution in [3.63, 3.8) is 0 Å². The molecule has 3 rings (SSSR count). The molecule has 4 nitrogen and oxygen atoms in total. The number of nitrogens with one attached hydrogen (secondary N) is 1. The minimum atomic E-state index is -0.0424. The molecule has 1 aromatic carbocycles. The van der Waals surface area contributed by atoms with Crippen molar-refractivity contribution in [3.05, 3.63) is 35.4 Å². The first-order valence-corrected chi connectivity index (χ1v) is 9.52. The van der Waals surface area contributed by atoms with E-state index in [1.165, 1.54) is 17.7 Å². The summed E-state index contributed by atoms with van der Waals surface area (Å²) in [6.45, 7) is 10.6. The van der Waals surface area contributed by atoms with E-state index in [1.807, 2.05) is 0 Å². The van der Waals surface area contributed by atoms with Gasteiger partial charge in [0.1, 0.15) is 0 Å². The fourth-order valence-corrected chi connectivity index (χ4v) is 4.03. The molecule has 1 atom stereocenters. The highest BCUT2D eigenvalue weighted by molar-refractivity contribution is 5.82. The minimum Gasteiger partial charge on any atom is -0.341 e. The first kappa shape index (κ1) is 17.4. The van der Waals surface area contributed by atoms with E-state index < -0.39 is 0 Å². The molecule has 1 saturated heterocycles. The van der Waals surface area contributed by atoms with Crippen molar-refractivity contribution in [1.29, 1.82) is 0 Å². The maximum atomic E-state index is 12.9. The first-order chi connectivity index (χ1) is 11.7. The molecule has 2 aliphatic rings. The molecule has 0 saturated carbocycles. The lowest BCUT2D eigenvalue weighted by Crippen LogP contribution is -2.52. The number of carbonyl (C=O) groups excluding carboxylic acids is 1. The molecule has 4 heteroatoms. The van der Waals surface area contributed by atoms with E-state index in [9.17, 15) is 4.79 Å². The van der Waals surface area contributed by atoms with Crippen molar-refractivity contribution < 1.29 is 4.79 Å². The zero-order valence-corrected chi connectivity index (χ0v) is 15.1. The van der Waals surface area contributed by atoms with Crippen LogP contribution in [0.1, 0.15) is 37.8 Å². The summed E-state index contributed by atoms with van der Waals surface area (Å²) in [5, 5.41) is 3.43. The predicted molar refractivity (Wildman–Crippen MR) is 97.9 cm³/mol. The van der Waals surface area contributed by atoms with Gasteiger partial charge in [-0.3, -0.25) is 4.79 Å². The van der Waals surface area contributed by atoms with E-state index in [1.54, 1.807) is 0 Å². The Balaban J connectivity index is 1.51. The molecule has 2 aliphatic heterocycles. The number of fused-ring (bicyclic) bond motifs is 1. The van der Waals surface area contributed by atoms with Crippen LogP contribution in [0, 0.1) is 5.92 Å². The van der Waals surface area contributed by atoms with Crippen molar-refractivity contribution in [3.8, 4) is 0 Å². The quantitative estimate of drug-likeness (QED) is 0.900. The smallest absolute Gasteiger partial charge is 0.240 e. The predicted octanol–water partition coefficient (Wildman–Crippen LogP) is 2.28. The first-order valence-electron chi connectivity index (χ1n) is 9.52. The van der Waals surface area contributed by atoms with Gasteiger partial charge in [-0.15, -0.1) is 0 Å². The minimum absolute atomic E-state index is 0.0424. The number of benzene rings is 1. The number of rotatable bonds is 5.